The van der Waals surface area contributed by atoms with Gasteiger partial charge in [0.05, 0.1) is 21.7 Å². The lowest BCUT2D eigenvalue weighted by Gasteiger charge is -2.21. The molecule has 4 nitrogen and oxygen atoms in total. The zero-order chi connectivity index (χ0) is 10.7. The van der Waals surface area contributed by atoms with Crippen molar-refractivity contribution in [3.8, 4) is 0 Å². The summed E-state index contributed by atoms with van der Waals surface area (Å²) in [4.78, 5) is 0. The molecule has 0 aliphatic carbocycles. The Kier molecular flexibility index (Phi) is 3.43. The predicted octanol–water partition coefficient (Wildman–Crippen LogP) is 0.645. The van der Waals surface area contributed by atoms with Crippen LogP contribution in [0.15, 0.2) is 17.2 Å². The second-order valence-electron chi connectivity index (χ2n) is 3.78. The lowest BCUT2D eigenvalue weighted by Crippen LogP contribution is -2.36. The van der Waals surface area contributed by atoms with Crippen LogP contribution in [0.2, 0.25) is 0 Å². The van der Waals surface area contributed by atoms with Gasteiger partial charge < -0.3 is 5.32 Å². The van der Waals surface area contributed by atoms with Crippen molar-refractivity contribution in [2.75, 3.05) is 13.1 Å². The van der Waals surface area contributed by atoms with Gasteiger partial charge in [-0.05, 0) is 38.4 Å². The molecule has 0 amide bonds. The van der Waals surface area contributed by atoms with Gasteiger partial charge in [0.2, 0.25) is 0 Å². The van der Waals surface area contributed by atoms with Gasteiger partial charge in [-0.1, -0.05) is 0 Å². The molecule has 1 aliphatic heterocycles. The highest BCUT2D eigenvalue weighted by molar-refractivity contribution is 7.85. The normalized spacial score (nSPS) is 23.7. The zero-order valence-corrected chi connectivity index (χ0v) is 9.59. The van der Waals surface area contributed by atoms with Crippen molar-refractivity contribution in [3.05, 3.63) is 17.8 Å². The Balaban J connectivity index is 2.09. The first kappa shape index (κ1) is 10.7. The van der Waals surface area contributed by atoms with E-state index in [0.717, 1.165) is 31.6 Å². The van der Waals surface area contributed by atoms with Crippen LogP contribution in [0.1, 0.15) is 18.5 Å². The lowest BCUT2D eigenvalue weighted by molar-refractivity contribution is 0.518. The molecule has 0 radical (unpaired) electrons. The first-order chi connectivity index (χ1) is 7.27. The molecule has 0 spiro atoms. The average Bonchev–Trinajstić information content (AvgIpc) is 2.30. The molecular weight excluding hydrogens is 210 g/mol. The first-order valence-electron chi connectivity index (χ1n) is 5.19. The minimum atomic E-state index is -1.01. The van der Waals surface area contributed by atoms with E-state index in [2.05, 4.69) is 15.5 Å². The van der Waals surface area contributed by atoms with Gasteiger partial charge in [-0.2, -0.15) is 5.10 Å². The fourth-order valence-electron chi connectivity index (χ4n) is 1.67. The van der Waals surface area contributed by atoms with Gasteiger partial charge >= 0.3 is 0 Å². The Morgan fingerprint density at radius 2 is 2.33 bits per heavy atom. The van der Waals surface area contributed by atoms with Crippen LogP contribution in [0.25, 0.3) is 0 Å². The molecule has 2 heterocycles. The van der Waals surface area contributed by atoms with E-state index in [1.165, 1.54) is 0 Å². The van der Waals surface area contributed by atoms with Crippen LogP contribution in [0, 0.1) is 6.92 Å². The molecule has 1 aromatic heterocycles. The van der Waals surface area contributed by atoms with Crippen molar-refractivity contribution in [2.24, 2.45) is 0 Å². The number of rotatable bonds is 2. The standard InChI is InChI=1S/C10H15N3OS/c1-8-4-5-10(13-12-8)15(14)9-3-2-6-11-7-9/h4-5,9,11H,2-3,6-7H2,1H3/t9-,15+/m1/s1. The maximum Gasteiger partial charge on any atom is 0.150 e. The van der Waals surface area contributed by atoms with E-state index in [4.69, 9.17) is 0 Å². The van der Waals surface area contributed by atoms with Crippen LogP contribution in [-0.2, 0) is 10.8 Å². The van der Waals surface area contributed by atoms with E-state index in [-0.39, 0.29) is 5.25 Å². The minimum Gasteiger partial charge on any atom is -0.316 e. The molecule has 15 heavy (non-hydrogen) atoms. The number of hydrogen-bond donors (Lipinski definition) is 1. The molecule has 1 aliphatic rings. The third-order valence-corrected chi connectivity index (χ3v) is 4.17. The van der Waals surface area contributed by atoms with Crippen molar-refractivity contribution in [1.29, 1.82) is 0 Å². The smallest absolute Gasteiger partial charge is 0.150 e. The van der Waals surface area contributed by atoms with E-state index < -0.39 is 10.8 Å². The first-order valence-corrected chi connectivity index (χ1v) is 6.40. The Labute approximate surface area is 91.9 Å². The minimum absolute atomic E-state index is 0.191. The summed E-state index contributed by atoms with van der Waals surface area (Å²) >= 11 is 0. The van der Waals surface area contributed by atoms with Gasteiger partial charge in [0.15, 0.2) is 0 Å². The van der Waals surface area contributed by atoms with Crippen molar-refractivity contribution in [1.82, 2.24) is 15.5 Å². The van der Waals surface area contributed by atoms with E-state index in [9.17, 15) is 4.21 Å². The van der Waals surface area contributed by atoms with Crippen molar-refractivity contribution in [2.45, 2.75) is 30.0 Å². The van der Waals surface area contributed by atoms with Crippen LogP contribution < -0.4 is 5.32 Å². The third-order valence-electron chi connectivity index (χ3n) is 2.53. The largest absolute Gasteiger partial charge is 0.316 e. The summed E-state index contributed by atoms with van der Waals surface area (Å²) in [5.41, 5.74) is 0.859. The zero-order valence-electron chi connectivity index (χ0n) is 8.77. The summed E-state index contributed by atoms with van der Waals surface area (Å²) in [6.45, 7) is 3.73. The molecule has 1 saturated heterocycles. The van der Waals surface area contributed by atoms with Gasteiger partial charge in [-0.15, -0.1) is 5.10 Å². The maximum atomic E-state index is 12.1. The third kappa shape index (κ3) is 2.60. The van der Waals surface area contributed by atoms with E-state index in [1.807, 2.05) is 19.1 Å². The topological polar surface area (TPSA) is 54.9 Å². The molecule has 1 aromatic rings. The Morgan fingerprint density at radius 3 is 2.93 bits per heavy atom. The summed E-state index contributed by atoms with van der Waals surface area (Å²) in [5, 5.41) is 12.0. The van der Waals surface area contributed by atoms with Gasteiger partial charge in [0.1, 0.15) is 5.03 Å². The average molecular weight is 225 g/mol. The summed E-state index contributed by atoms with van der Waals surface area (Å²) in [5.74, 6) is 0. The lowest BCUT2D eigenvalue weighted by atomic mass is 10.2. The van der Waals surface area contributed by atoms with Crippen LogP contribution in [-0.4, -0.2) is 32.7 Å². The molecule has 2 rings (SSSR count). The Morgan fingerprint density at radius 1 is 1.47 bits per heavy atom. The molecule has 0 saturated carbocycles. The summed E-state index contributed by atoms with van der Waals surface area (Å²) in [7, 11) is -1.01. The molecule has 0 unspecified atom stereocenters. The molecule has 82 valence electrons. The molecule has 5 heteroatoms. The van der Waals surface area contributed by atoms with Crippen molar-refractivity contribution < 1.29 is 4.21 Å². The van der Waals surface area contributed by atoms with E-state index in [0.29, 0.717) is 5.03 Å². The number of piperidine rings is 1. The number of nitrogens with one attached hydrogen (secondary N) is 1. The fourth-order valence-corrected chi connectivity index (χ4v) is 2.98. The molecule has 1 N–H and O–H groups in total. The van der Waals surface area contributed by atoms with Gasteiger partial charge in [0.25, 0.3) is 0 Å². The molecule has 2 atom stereocenters. The van der Waals surface area contributed by atoms with Crippen LogP contribution in [0.5, 0.6) is 0 Å². The maximum absolute atomic E-state index is 12.1. The number of aromatic nitrogens is 2. The summed E-state index contributed by atoms with van der Waals surface area (Å²) in [6, 6.07) is 3.67. The molecule has 0 aromatic carbocycles. The summed E-state index contributed by atoms with van der Waals surface area (Å²) in [6.07, 6.45) is 2.10. The van der Waals surface area contributed by atoms with E-state index >= 15 is 0 Å². The fraction of sp³-hybridized carbons (Fsp3) is 0.600. The van der Waals surface area contributed by atoms with Gasteiger partial charge in [-0.3, -0.25) is 4.21 Å². The highest BCUT2D eigenvalue weighted by atomic mass is 32.2. The second kappa shape index (κ2) is 4.81. The SMILES string of the molecule is Cc1ccc([S@@](=O)[C@@H]2CCCNC2)nn1. The van der Waals surface area contributed by atoms with Crippen LogP contribution in [0.3, 0.4) is 0 Å². The Hall–Kier alpha value is -0.810. The van der Waals surface area contributed by atoms with Gasteiger partial charge in [0, 0.05) is 6.54 Å². The Bertz CT molecular complexity index is 346. The predicted molar refractivity (Wildman–Crippen MR) is 59.1 cm³/mol. The number of nitrogens with zero attached hydrogens (tertiary/aromatic N) is 2. The quantitative estimate of drug-likeness (QED) is 0.802. The van der Waals surface area contributed by atoms with Crippen molar-refractivity contribution >= 4 is 10.8 Å². The second-order valence-corrected chi connectivity index (χ2v) is 5.46. The monoisotopic (exact) mass is 225 g/mol. The van der Waals surface area contributed by atoms with Crippen molar-refractivity contribution in [3.63, 3.8) is 0 Å². The number of hydrogen-bond acceptors (Lipinski definition) is 4. The van der Waals surface area contributed by atoms with Crippen LogP contribution >= 0.6 is 0 Å². The van der Waals surface area contributed by atoms with E-state index in [1.54, 1.807) is 0 Å². The number of aryl methyl sites for hydroxylation is 1. The highest BCUT2D eigenvalue weighted by Crippen LogP contribution is 2.14. The van der Waals surface area contributed by atoms with Gasteiger partial charge in [-0.25, -0.2) is 0 Å². The highest BCUT2D eigenvalue weighted by Gasteiger charge is 2.21. The molecule has 1 fully saturated rings. The van der Waals surface area contributed by atoms with Crippen LogP contribution in [0.4, 0.5) is 0 Å². The molecule has 0 bridgehead atoms. The summed E-state index contributed by atoms with van der Waals surface area (Å²) < 4.78 is 12.1. The molecular formula is C10H15N3OS.